The van der Waals surface area contributed by atoms with Gasteiger partial charge in [0.2, 0.25) is 5.88 Å². The van der Waals surface area contributed by atoms with Crippen molar-refractivity contribution in [3.05, 3.63) is 59.0 Å². The van der Waals surface area contributed by atoms with E-state index in [0.29, 0.717) is 36.8 Å². The van der Waals surface area contributed by atoms with Crippen LogP contribution in [0.5, 0.6) is 17.4 Å². The zero-order valence-corrected chi connectivity index (χ0v) is 17.4. The average Bonchev–Trinajstić information content (AvgIpc) is 2.92. The zero-order chi connectivity index (χ0) is 22.2. The molecule has 4 rings (SSSR count). The van der Waals surface area contributed by atoms with Gasteiger partial charge < -0.3 is 14.2 Å². The molecule has 3 aromatic rings. The normalized spacial score (nSPS) is 16.5. The van der Waals surface area contributed by atoms with Crippen molar-refractivity contribution >= 4 is 0 Å². The zero-order valence-electron chi connectivity index (χ0n) is 17.4. The van der Waals surface area contributed by atoms with E-state index in [1.165, 1.54) is 19.2 Å². The van der Waals surface area contributed by atoms with E-state index < -0.39 is 11.7 Å². The fourth-order valence-electron chi connectivity index (χ4n) is 3.58. The van der Waals surface area contributed by atoms with Gasteiger partial charge in [-0.2, -0.15) is 13.2 Å². The van der Waals surface area contributed by atoms with Gasteiger partial charge in [0.15, 0.2) is 0 Å². The van der Waals surface area contributed by atoms with Crippen molar-refractivity contribution in [3.8, 4) is 23.1 Å². The van der Waals surface area contributed by atoms with Crippen LogP contribution in [0.4, 0.5) is 13.2 Å². The van der Waals surface area contributed by atoms with Gasteiger partial charge in [-0.05, 0) is 38.1 Å². The maximum Gasteiger partial charge on any atom is 0.419 e. The van der Waals surface area contributed by atoms with Crippen LogP contribution in [0, 0.1) is 6.92 Å². The Morgan fingerprint density at radius 3 is 2.68 bits per heavy atom. The van der Waals surface area contributed by atoms with Gasteiger partial charge in [0.05, 0.1) is 43.0 Å². The first kappa shape index (κ1) is 21.2. The van der Waals surface area contributed by atoms with Crippen LogP contribution >= 0.6 is 0 Å². The summed E-state index contributed by atoms with van der Waals surface area (Å²) >= 11 is 0. The maximum absolute atomic E-state index is 13.3. The number of nitrogens with zero attached hydrogens (tertiary/aromatic N) is 3. The monoisotopic (exact) mass is 433 g/mol. The number of benzene rings is 1. The van der Waals surface area contributed by atoms with Gasteiger partial charge >= 0.3 is 6.18 Å². The molecule has 0 bridgehead atoms. The Hall–Kier alpha value is -3.07. The topological polar surface area (TPSA) is 58.4 Å². The minimum Gasteiger partial charge on any atom is -0.496 e. The van der Waals surface area contributed by atoms with Gasteiger partial charge in [-0.25, -0.2) is 4.68 Å². The van der Waals surface area contributed by atoms with Crippen LogP contribution in [0.3, 0.4) is 0 Å². The number of alkyl halides is 3. The summed E-state index contributed by atoms with van der Waals surface area (Å²) in [5, 5.41) is 4.60. The van der Waals surface area contributed by atoms with E-state index in [-0.39, 0.29) is 11.9 Å². The lowest BCUT2D eigenvalue weighted by Crippen LogP contribution is -2.14. The summed E-state index contributed by atoms with van der Waals surface area (Å²) < 4.78 is 58.2. The van der Waals surface area contributed by atoms with Gasteiger partial charge in [-0.1, -0.05) is 0 Å². The molecule has 164 valence electrons. The average molecular weight is 433 g/mol. The lowest BCUT2D eigenvalue weighted by atomic mass is 10.1. The molecule has 0 spiro atoms. The number of aromatic nitrogens is 3. The summed E-state index contributed by atoms with van der Waals surface area (Å²) in [5.74, 6) is 0.649. The molecule has 0 N–H and O–H groups in total. The highest BCUT2D eigenvalue weighted by Crippen LogP contribution is 2.38. The highest BCUT2D eigenvalue weighted by molar-refractivity contribution is 5.49. The number of methoxy groups -OCH3 is 1. The molecule has 0 unspecified atom stereocenters. The first-order valence-corrected chi connectivity index (χ1v) is 9.84. The van der Waals surface area contributed by atoms with Gasteiger partial charge in [-0.15, -0.1) is 5.10 Å². The van der Waals surface area contributed by atoms with Crippen molar-refractivity contribution in [2.75, 3.05) is 13.7 Å². The summed E-state index contributed by atoms with van der Waals surface area (Å²) in [7, 11) is 1.22. The predicted octanol–water partition coefficient (Wildman–Crippen LogP) is 4.90. The largest absolute Gasteiger partial charge is 0.496 e. The molecule has 1 aromatic carbocycles. The third kappa shape index (κ3) is 4.36. The van der Waals surface area contributed by atoms with Crippen LogP contribution in [0.1, 0.15) is 29.4 Å². The highest BCUT2D eigenvalue weighted by Gasteiger charge is 2.35. The number of ether oxygens (including phenoxy) is 3. The molecule has 1 aliphatic rings. The number of hydrogen-bond donors (Lipinski definition) is 0. The Bertz CT molecular complexity index is 1080. The summed E-state index contributed by atoms with van der Waals surface area (Å²) in [6, 6.07) is 7.35. The highest BCUT2D eigenvalue weighted by atomic mass is 19.4. The van der Waals surface area contributed by atoms with Crippen molar-refractivity contribution in [3.63, 3.8) is 0 Å². The molecule has 2 aromatic heterocycles. The number of pyridine rings is 1. The minimum absolute atomic E-state index is 0.0677. The molecule has 0 saturated heterocycles. The lowest BCUT2D eigenvalue weighted by molar-refractivity contribution is -0.138. The molecule has 0 aliphatic carbocycles. The second-order valence-electron chi connectivity index (χ2n) is 7.40. The first-order valence-electron chi connectivity index (χ1n) is 9.84. The van der Waals surface area contributed by atoms with E-state index in [2.05, 4.69) is 10.1 Å². The summed E-state index contributed by atoms with van der Waals surface area (Å²) in [5.41, 5.74) is 2.17. The van der Waals surface area contributed by atoms with Crippen molar-refractivity contribution in [2.24, 2.45) is 0 Å². The second kappa shape index (κ2) is 8.22. The third-order valence-electron chi connectivity index (χ3n) is 5.12. The Kier molecular flexibility index (Phi) is 5.62. The van der Waals surface area contributed by atoms with Crippen LogP contribution in [-0.2, 0) is 23.8 Å². The smallest absolute Gasteiger partial charge is 0.419 e. The predicted molar refractivity (Wildman–Crippen MR) is 107 cm³/mol. The van der Waals surface area contributed by atoms with Crippen LogP contribution in [0.2, 0.25) is 0 Å². The van der Waals surface area contributed by atoms with Crippen molar-refractivity contribution in [1.82, 2.24) is 14.8 Å². The van der Waals surface area contributed by atoms with E-state index >= 15 is 0 Å². The molecule has 1 atom stereocenters. The number of fused-ring (bicyclic) bond motifs is 1. The molecule has 0 fully saturated rings. The molecular formula is C22H22F3N3O3. The molecule has 0 amide bonds. The molecule has 6 nitrogen and oxygen atoms in total. The number of aryl methyl sites for hydroxylation is 1. The van der Waals surface area contributed by atoms with E-state index in [0.717, 1.165) is 23.0 Å². The summed E-state index contributed by atoms with van der Waals surface area (Å²) in [6.45, 7) is 4.32. The molecule has 9 heteroatoms. The third-order valence-corrected chi connectivity index (χ3v) is 5.12. The van der Waals surface area contributed by atoms with Crippen LogP contribution < -0.4 is 9.47 Å². The van der Waals surface area contributed by atoms with Crippen LogP contribution in [-0.4, -0.2) is 34.6 Å². The van der Waals surface area contributed by atoms with Gasteiger partial charge in [-0.3, -0.25) is 4.98 Å². The SMILES string of the molecule is COc1cc(-n2nc(Oc3ccc(C)nc3)c3c2C[C@@H](C)OCC3)ccc1C(F)(F)F. The molecule has 0 saturated carbocycles. The van der Waals surface area contributed by atoms with Crippen LogP contribution in [0.25, 0.3) is 5.69 Å². The number of rotatable bonds is 4. The van der Waals surface area contributed by atoms with E-state index in [9.17, 15) is 13.2 Å². The second-order valence-corrected chi connectivity index (χ2v) is 7.40. The minimum atomic E-state index is -4.51. The number of hydrogen-bond acceptors (Lipinski definition) is 5. The fourth-order valence-corrected chi connectivity index (χ4v) is 3.58. The summed E-state index contributed by atoms with van der Waals surface area (Å²) in [4.78, 5) is 4.23. The van der Waals surface area contributed by atoms with Crippen molar-refractivity contribution in [2.45, 2.75) is 39.0 Å². The van der Waals surface area contributed by atoms with Gasteiger partial charge in [0.25, 0.3) is 0 Å². The molecule has 0 radical (unpaired) electrons. The fraction of sp³-hybridized carbons (Fsp3) is 0.364. The molecule has 1 aliphatic heterocycles. The lowest BCUT2D eigenvalue weighted by Gasteiger charge is -2.15. The molecular weight excluding hydrogens is 411 g/mol. The van der Waals surface area contributed by atoms with Crippen molar-refractivity contribution in [1.29, 1.82) is 0 Å². The molecule has 31 heavy (non-hydrogen) atoms. The number of halogens is 3. The maximum atomic E-state index is 13.3. The van der Waals surface area contributed by atoms with Crippen LogP contribution in [0.15, 0.2) is 36.5 Å². The summed E-state index contributed by atoms with van der Waals surface area (Å²) in [6.07, 6.45) is -1.85. The standard InChI is InChI=1S/C22H22F3N3O3/c1-13-4-6-16(12-26-13)31-21-17-8-9-30-14(2)10-19(17)28(27-21)15-5-7-18(22(23,24)25)20(11-15)29-3/h4-7,11-12,14H,8-10H2,1-3H3/t14-/m1/s1. The van der Waals surface area contributed by atoms with Crippen molar-refractivity contribution < 1.29 is 27.4 Å². The Labute approximate surface area is 177 Å². The first-order chi connectivity index (χ1) is 14.8. The van der Waals surface area contributed by atoms with E-state index in [1.807, 2.05) is 19.9 Å². The quantitative estimate of drug-likeness (QED) is 0.586. The van der Waals surface area contributed by atoms with Gasteiger partial charge in [0.1, 0.15) is 11.5 Å². The Morgan fingerprint density at radius 2 is 2.00 bits per heavy atom. The van der Waals surface area contributed by atoms with Gasteiger partial charge in [0, 0.05) is 30.2 Å². The van der Waals surface area contributed by atoms with E-state index in [4.69, 9.17) is 14.2 Å². The Balaban J connectivity index is 1.80. The van der Waals surface area contributed by atoms with E-state index in [1.54, 1.807) is 16.9 Å². The Morgan fingerprint density at radius 1 is 1.19 bits per heavy atom. The molecule has 3 heterocycles.